The Hall–Kier alpha value is -5.63. The van der Waals surface area contributed by atoms with Crippen molar-refractivity contribution in [2.45, 2.75) is 32.6 Å². The molecule has 0 aliphatic heterocycles. The predicted molar refractivity (Wildman–Crippen MR) is 155 cm³/mol. The first-order chi connectivity index (χ1) is 20.6. The van der Waals surface area contributed by atoms with Gasteiger partial charge in [0.05, 0.1) is 30.8 Å². The van der Waals surface area contributed by atoms with Crippen molar-refractivity contribution in [3.05, 3.63) is 113 Å². The lowest BCUT2D eigenvalue weighted by atomic mass is 10.1. The number of carbonyl (C=O) groups excluding carboxylic acids is 2. The minimum Gasteiger partial charge on any atom is -0.490 e. The van der Waals surface area contributed by atoms with Crippen LogP contribution >= 0.6 is 0 Å². The number of aromatic amines is 1. The second-order valence-electron chi connectivity index (χ2n) is 8.97. The third kappa shape index (κ3) is 8.69. The zero-order chi connectivity index (χ0) is 29.6. The Morgan fingerprint density at radius 2 is 1.86 bits per heavy atom. The molecule has 2 amide bonds. The number of rotatable bonds is 13. The molecule has 4 rings (SSSR count). The molecule has 214 valence electrons. The average molecular weight is 567 g/mol. The van der Waals surface area contributed by atoms with Crippen molar-refractivity contribution in [3.63, 3.8) is 0 Å². The lowest BCUT2D eigenvalue weighted by molar-refractivity contribution is -0.123. The zero-order valence-electron chi connectivity index (χ0n) is 22.9. The molecule has 42 heavy (non-hydrogen) atoms. The highest BCUT2D eigenvalue weighted by atomic mass is 16.5. The standard InChI is InChI=1S/C31H30N6O5/c1-2-40-29-14-23(12-13-28(29)41-20-25-11-7-6-10-24(25)16-32)17-35-37-30(38)27(15-26-18-33-21-34-26)36-31(39)42-19-22-8-4-3-5-9-22/h3-14,17-18,21,27H,2,15,19-20H2,1H3,(H,33,34)(H,36,39)(H,37,38)/b35-17-/t27-/m0/s1. The van der Waals surface area contributed by atoms with Gasteiger partial charge >= 0.3 is 6.09 Å². The Kier molecular flexibility index (Phi) is 10.6. The van der Waals surface area contributed by atoms with Gasteiger partial charge in [-0.3, -0.25) is 4.79 Å². The smallest absolute Gasteiger partial charge is 0.408 e. The lowest BCUT2D eigenvalue weighted by Crippen LogP contribution is -2.47. The molecule has 0 bridgehead atoms. The van der Waals surface area contributed by atoms with Gasteiger partial charge in [0.1, 0.15) is 19.3 Å². The van der Waals surface area contributed by atoms with Crippen molar-refractivity contribution in [2.24, 2.45) is 5.10 Å². The molecule has 1 aromatic heterocycles. The van der Waals surface area contributed by atoms with Gasteiger partial charge in [-0.25, -0.2) is 15.2 Å². The summed E-state index contributed by atoms with van der Waals surface area (Å²) in [7, 11) is 0. The lowest BCUT2D eigenvalue weighted by Gasteiger charge is -2.16. The highest BCUT2D eigenvalue weighted by molar-refractivity contribution is 5.87. The van der Waals surface area contributed by atoms with Crippen LogP contribution in [0.1, 0.15) is 34.9 Å². The van der Waals surface area contributed by atoms with Gasteiger partial charge in [-0.2, -0.15) is 10.4 Å². The summed E-state index contributed by atoms with van der Waals surface area (Å²) < 4.78 is 16.9. The molecule has 3 aromatic carbocycles. The summed E-state index contributed by atoms with van der Waals surface area (Å²) >= 11 is 0. The number of benzene rings is 3. The molecule has 0 aliphatic rings. The number of alkyl carbamates (subject to hydrolysis) is 1. The third-order valence-electron chi connectivity index (χ3n) is 5.98. The molecule has 1 atom stereocenters. The molecule has 0 spiro atoms. The molecule has 11 heteroatoms. The van der Waals surface area contributed by atoms with E-state index in [2.05, 4.69) is 31.9 Å². The summed E-state index contributed by atoms with van der Waals surface area (Å²) in [5, 5.41) is 16.0. The summed E-state index contributed by atoms with van der Waals surface area (Å²) in [5.74, 6) is 0.449. The predicted octanol–water partition coefficient (Wildman–Crippen LogP) is 4.25. The quantitative estimate of drug-likeness (QED) is 0.162. The average Bonchev–Trinajstić information content (AvgIpc) is 3.53. The minimum absolute atomic E-state index is 0.0654. The van der Waals surface area contributed by atoms with Crippen molar-refractivity contribution < 1.29 is 23.8 Å². The van der Waals surface area contributed by atoms with Crippen LogP contribution < -0.4 is 20.2 Å². The van der Waals surface area contributed by atoms with Gasteiger partial charge in [-0.05, 0) is 42.3 Å². The van der Waals surface area contributed by atoms with Crippen molar-refractivity contribution in [1.29, 1.82) is 5.26 Å². The van der Waals surface area contributed by atoms with Gasteiger partial charge in [0.15, 0.2) is 11.5 Å². The van der Waals surface area contributed by atoms with E-state index in [9.17, 15) is 14.9 Å². The number of nitriles is 1. The van der Waals surface area contributed by atoms with Crippen LogP contribution in [0.15, 0.2) is 90.4 Å². The summed E-state index contributed by atoms with van der Waals surface area (Å²) in [6.07, 6.45) is 3.92. The minimum atomic E-state index is -0.975. The summed E-state index contributed by atoms with van der Waals surface area (Å²) in [6.45, 7) is 2.53. The number of amides is 2. The van der Waals surface area contributed by atoms with Gasteiger partial charge in [0, 0.05) is 23.9 Å². The molecular weight excluding hydrogens is 536 g/mol. The molecule has 1 heterocycles. The Balaban J connectivity index is 1.38. The fourth-order valence-corrected chi connectivity index (χ4v) is 3.88. The van der Waals surface area contributed by atoms with Crippen molar-refractivity contribution in [2.75, 3.05) is 6.61 Å². The summed E-state index contributed by atoms with van der Waals surface area (Å²) in [4.78, 5) is 32.3. The largest absolute Gasteiger partial charge is 0.490 e. The van der Waals surface area contributed by atoms with E-state index >= 15 is 0 Å². The maximum atomic E-state index is 13.0. The first kappa shape index (κ1) is 29.4. The highest BCUT2D eigenvalue weighted by Gasteiger charge is 2.22. The van der Waals surface area contributed by atoms with Gasteiger partial charge in [0.2, 0.25) is 0 Å². The van der Waals surface area contributed by atoms with Crippen LogP contribution in [0.3, 0.4) is 0 Å². The first-order valence-corrected chi connectivity index (χ1v) is 13.2. The topological polar surface area (TPSA) is 151 Å². The van der Waals surface area contributed by atoms with Gasteiger partial charge < -0.3 is 24.5 Å². The van der Waals surface area contributed by atoms with Gasteiger partial charge in [-0.15, -0.1) is 0 Å². The van der Waals surface area contributed by atoms with Gasteiger partial charge in [-0.1, -0.05) is 48.5 Å². The number of nitrogens with zero attached hydrogens (tertiary/aromatic N) is 3. The molecule has 4 aromatic rings. The molecule has 0 saturated carbocycles. The van der Waals surface area contributed by atoms with Crippen molar-refractivity contribution in [1.82, 2.24) is 20.7 Å². The monoisotopic (exact) mass is 566 g/mol. The van der Waals surface area contributed by atoms with E-state index < -0.39 is 18.0 Å². The maximum Gasteiger partial charge on any atom is 0.408 e. The van der Waals surface area contributed by atoms with E-state index in [1.807, 2.05) is 49.4 Å². The number of nitrogens with one attached hydrogen (secondary N) is 3. The van der Waals surface area contributed by atoms with Crippen molar-refractivity contribution >= 4 is 18.2 Å². The molecular formula is C31H30N6O5. The number of hydrogen-bond donors (Lipinski definition) is 3. The van der Waals surface area contributed by atoms with E-state index in [-0.39, 0.29) is 19.6 Å². The normalized spacial score (nSPS) is 11.3. The number of hydrazone groups is 1. The fraction of sp³-hybridized carbons (Fsp3) is 0.194. The van der Waals surface area contributed by atoms with Crippen molar-refractivity contribution in [3.8, 4) is 17.6 Å². The zero-order valence-corrected chi connectivity index (χ0v) is 22.9. The number of imidazole rings is 1. The molecule has 0 saturated heterocycles. The van der Waals surface area contributed by atoms with E-state index in [0.29, 0.717) is 34.9 Å². The fourth-order valence-electron chi connectivity index (χ4n) is 3.88. The number of carbonyl (C=O) groups is 2. The Labute approximate surface area is 243 Å². The van der Waals surface area contributed by atoms with Crippen LogP contribution in [0.25, 0.3) is 0 Å². The highest BCUT2D eigenvalue weighted by Crippen LogP contribution is 2.29. The second-order valence-corrected chi connectivity index (χ2v) is 8.97. The van der Waals surface area contributed by atoms with Crippen LogP contribution in [0, 0.1) is 11.3 Å². The Bertz CT molecular complexity index is 1530. The number of aromatic nitrogens is 2. The molecule has 0 radical (unpaired) electrons. The van der Waals surface area contributed by atoms with Crippen LogP contribution in [0.4, 0.5) is 4.79 Å². The molecule has 0 aliphatic carbocycles. The molecule has 11 nitrogen and oxygen atoms in total. The first-order valence-electron chi connectivity index (χ1n) is 13.2. The van der Waals surface area contributed by atoms with Crippen LogP contribution in [-0.2, 0) is 29.2 Å². The molecule has 0 unspecified atom stereocenters. The molecule has 3 N–H and O–H groups in total. The van der Waals surface area contributed by atoms with Crippen LogP contribution in [-0.4, -0.2) is 40.8 Å². The molecule has 0 fully saturated rings. The number of hydrogen-bond acceptors (Lipinski definition) is 8. The Morgan fingerprint density at radius 3 is 2.62 bits per heavy atom. The van der Waals surface area contributed by atoms with Crippen LogP contribution in [0.5, 0.6) is 11.5 Å². The van der Waals surface area contributed by atoms with E-state index in [1.165, 1.54) is 12.5 Å². The third-order valence-corrected chi connectivity index (χ3v) is 5.98. The number of H-pyrrole nitrogens is 1. The Morgan fingerprint density at radius 1 is 1.05 bits per heavy atom. The second kappa shape index (κ2) is 15.2. The maximum absolute atomic E-state index is 13.0. The number of ether oxygens (including phenoxy) is 3. The van der Waals surface area contributed by atoms with Crippen LogP contribution in [0.2, 0.25) is 0 Å². The SMILES string of the molecule is CCOc1cc(/C=N\NC(=O)[C@H](Cc2cnc[nH]2)NC(=O)OCc2ccccc2)ccc1OCc1ccccc1C#N. The van der Waals surface area contributed by atoms with Gasteiger partial charge in [0.25, 0.3) is 5.91 Å². The van der Waals surface area contributed by atoms with E-state index in [1.54, 1.807) is 36.5 Å². The van der Waals surface area contributed by atoms with E-state index in [0.717, 1.165) is 11.1 Å². The summed E-state index contributed by atoms with van der Waals surface area (Å²) in [5.41, 5.74) is 5.89. The van der Waals surface area contributed by atoms with E-state index in [4.69, 9.17) is 14.2 Å². The summed E-state index contributed by atoms with van der Waals surface area (Å²) in [6, 6.07) is 22.8.